The van der Waals surface area contributed by atoms with E-state index in [2.05, 4.69) is 0 Å². The summed E-state index contributed by atoms with van der Waals surface area (Å²) in [5.74, 6) is -1.16. The number of carboxylic acid groups (broad SMARTS) is 1. The van der Waals surface area contributed by atoms with Gasteiger partial charge in [0.1, 0.15) is 5.54 Å². The van der Waals surface area contributed by atoms with Crippen molar-refractivity contribution in [3.05, 3.63) is 0 Å². The van der Waals surface area contributed by atoms with E-state index < -0.39 is 11.5 Å². The maximum Gasteiger partial charge on any atom is 0.313 e. The molecule has 0 saturated carbocycles. The standard InChI is InChI=1S/C13H22N2O4S/c1-4-5-14-6-7-15(13(2,3)12(14)19)10(16)8-20-9-11(17)18/h4-9H2,1-3H3,(H,17,18). The van der Waals surface area contributed by atoms with Gasteiger partial charge in [0.05, 0.1) is 11.5 Å². The fraction of sp³-hybridized carbons (Fsp3) is 0.769. The van der Waals surface area contributed by atoms with E-state index in [1.54, 1.807) is 23.6 Å². The van der Waals surface area contributed by atoms with E-state index in [-0.39, 0.29) is 23.3 Å². The summed E-state index contributed by atoms with van der Waals surface area (Å²) in [6.07, 6.45) is 0.893. The molecule has 0 bridgehead atoms. The number of carboxylic acids is 1. The predicted octanol–water partition coefficient (Wildman–Crippen LogP) is 0.664. The van der Waals surface area contributed by atoms with Crippen molar-refractivity contribution < 1.29 is 19.5 Å². The number of carbonyl (C=O) groups is 3. The molecule has 2 amide bonds. The second-order valence-electron chi connectivity index (χ2n) is 5.28. The van der Waals surface area contributed by atoms with Crippen LogP contribution >= 0.6 is 11.8 Å². The monoisotopic (exact) mass is 302 g/mol. The molecule has 0 aromatic carbocycles. The molecule has 1 rings (SSSR count). The first kappa shape index (κ1) is 16.8. The molecular formula is C13H22N2O4S. The molecule has 0 radical (unpaired) electrons. The molecule has 6 nitrogen and oxygen atoms in total. The Kier molecular flexibility index (Phi) is 5.86. The lowest BCUT2D eigenvalue weighted by Crippen LogP contribution is -2.64. The van der Waals surface area contributed by atoms with Gasteiger partial charge in [-0.3, -0.25) is 14.4 Å². The number of thioether (sulfide) groups is 1. The molecule has 0 aromatic heterocycles. The number of rotatable bonds is 6. The number of piperazine rings is 1. The van der Waals surface area contributed by atoms with Crippen molar-refractivity contribution in [1.29, 1.82) is 0 Å². The van der Waals surface area contributed by atoms with Gasteiger partial charge in [0, 0.05) is 19.6 Å². The SMILES string of the molecule is CCCN1CCN(C(=O)CSCC(=O)O)C(C)(C)C1=O. The van der Waals surface area contributed by atoms with Crippen LogP contribution in [0.15, 0.2) is 0 Å². The van der Waals surface area contributed by atoms with Gasteiger partial charge in [-0.25, -0.2) is 0 Å². The molecule has 0 aliphatic carbocycles. The van der Waals surface area contributed by atoms with Crippen molar-refractivity contribution in [1.82, 2.24) is 9.80 Å². The van der Waals surface area contributed by atoms with Crippen LogP contribution in [0.25, 0.3) is 0 Å². The highest BCUT2D eigenvalue weighted by Gasteiger charge is 2.43. The minimum absolute atomic E-state index is 0.0396. The zero-order chi connectivity index (χ0) is 15.3. The number of hydrogen-bond acceptors (Lipinski definition) is 4. The topological polar surface area (TPSA) is 77.9 Å². The molecule has 1 saturated heterocycles. The van der Waals surface area contributed by atoms with Gasteiger partial charge in [-0.05, 0) is 20.3 Å². The van der Waals surface area contributed by atoms with Crippen LogP contribution in [0.1, 0.15) is 27.2 Å². The highest BCUT2D eigenvalue weighted by Crippen LogP contribution is 2.23. The molecule has 1 aliphatic rings. The quantitative estimate of drug-likeness (QED) is 0.780. The highest BCUT2D eigenvalue weighted by molar-refractivity contribution is 8.00. The van der Waals surface area contributed by atoms with Crippen molar-refractivity contribution >= 4 is 29.5 Å². The fourth-order valence-electron chi connectivity index (χ4n) is 2.33. The molecule has 20 heavy (non-hydrogen) atoms. The summed E-state index contributed by atoms with van der Waals surface area (Å²) < 4.78 is 0. The van der Waals surface area contributed by atoms with Crippen molar-refractivity contribution in [2.24, 2.45) is 0 Å². The molecule has 0 spiro atoms. The van der Waals surface area contributed by atoms with E-state index in [1.807, 2.05) is 6.92 Å². The van der Waals surface area contributed by atoms with Crippen LogP contribution in [0, 0.1) is 0 Å². The van der Waals surface area contributed by atoms with Gasteiger partial charge < -0.3 is 14.9 Å². The van der Waals surface area contributed by atoms with E-state index in [0.29, 0.717) is 19.6 Å². The Labute approximate surface area is 123 Å². The molecular weight excluding hydrogens is 280 g/mol. The fourth-order valence-corrected chi connectivity index (χ4v) is 2.93. The van der Waals surface area contributed by atoms with E-state index in [9.17, 15) is 14.4 Å². The van der Waals surface area contributed by atoms with Crippen LogP contribution in [-0.4, -0.2) is 69.4 Å². The van der Waals surface area contributed by atoms with Crippen LogP contribution < -0.4 is 0 Å². The number of nitrogens with zero attached hydrogens (tertiary/aromatic N) is 2. The van der Waals surface area contributed by atoms with Gasteiger partial charge in [-0.15, -0.1) is 11.8 Å². The first-order valence-corrected chi connectivity index (χ1v) is 7.85. The minimum Gasteiger partial charge on any atom is -0.481 e. The third-order valence-electron chi connectivity index (χ3n) is 3.32. The summed E-state index contributed by atoms with van der Waals surface area (Å²) in [5, 5.41) is 8.57. The van der Waals surface area contributed by atoms with Crippen LogP contribution in [0.2, 0.25) is 0 Å². The zero-order valence-electron chi connectivity index (χ0n) is 12.2. The van der Waals surface area contributed by atoms with Gasteiger partial charge in [-0.1, -0.05) is 6.92 Å². The summed E-state index contributed by atoms with van der Waals surface area (Å²) in [4.78, 5) is 38.3. The van der Waals surface area contributed by atoms with Gasteiger partial charge >= 0.3 is 5.97 Å². The minimum atomic E-state index is -0.939. The van der Waals surface area contributed by atoms with Crippen LogP contribution in [0.3, 0.4) is 0 Å². The third-order valence-corrected chi connectivity index (χ3v) is 4.23. The van der Waals surface area contributed by atoms with Crippen LogP contribution in [0.5, 0.6) is 0 Å². The second kappa shape index (κ2) is 6.97. The number of hydrogen-bond donors (Lipinski definition) is 1. The lowest BCUT2D eigenvalue weighted by atomic mass is 9.97. The van der Waals surface area contributed by atoms with E-state index in [0.717, 1.165) is 18.2 Å². The highest BCUT2D eigenvalue weighted by atomic mass is 32.2. The summed E-state index contributed by atoms with van der Waals surface area (Å²) >= 11 is 1.06. The number of carbonyl (C=O) groups excluding carboxylic acids is 2. The third kappa shape index (κ3) is 3.88. The van der Waals surface area contributed by atoms with Crippen molar-refractivity contribution in [2.45, 2.75) is 32.7 Å². The van der Waals surface area contributed by atoms with Crippen molar-refractivity contribution in [3.63, 3.8) is 0 Å². The van der Waals surface area contributed by atoms with Gasteiger partial charge in [-0.2, -0.15) is 0 Å². The number of aliphatic carboxylic acids is 1. The summed E-state index contributed by atoms with van der Waals surface area (Å²) in [6.45, 7) is 7.27. The Hall–Kier alpha value is -1.24. The first-order valence-electron chi connectivity index (χ1n) is 6.70. The van der Waals surface area contributed by atoms with Gasteiger partial charge in [0.2, 0.25) is 11.8 Å². The predicted molar refractivity (Wildman–Crippen MR) is 77.6 cm³/mol. The number of amides is 2. The van der Waals surface area contributed by atoms with E-state index in [1.165, 1.54) is 0 Å². The Bertz CT molecular complexity index is 398. The van der Waals surface area contributed by atoms with Crippen molar-refractivity contribution in [3.8, 4) is 0 Å². The molecule has 1 heterocycles. The van der Waals surface area contributed by atoms with Crippen LogP contribution in [-0.2, 0) is 14.4 Å². The van der Waals surface area contributed by atoms with Gasteiger partial charge in [0.15, 0.2) is 0 Å². The molecule has 0 aromatic rings. The Morgan fingerprint density at radius 3 is 2.50 bits per heavy atom. The lowest BCUT2D eigenvalue weighted by Gasteiger charge is -2.46. The maximum absolute atomic E-state index is 12.4. The molecule has 1 aliphatic heterocycles. The maximum atomic E-state index is 12.4. The summed E-state index contributed by atoms with van der Waals surface area (Å²) in [5.41, 5.74) is -0.853. The normalized spacial score (nSPS) is 18.2. The molecule has 0 atom stereocenters. The second-order valence-corrected chi connectivity index (χ2v) is 6.27. The average molecular weight is 302 g/mol. The molecule has 114 valence electrons. The molecule has 1 fully saturated rings. The first-order chi connectivity index (χ1) is 9.30. The largest absolute Gasteiger partial charge is 0.481 e. The molecule has 0 unspecified atom stereocenters. The van der Waals surface area contributed by atoms with Crippen LogP contribution in [0.4, 0.5) is 0 Å². The summed E-state index contributed by atoms with van der Waals surface area (Å²) in [7, 11) is 0. The Balaban J connectivity index is 2.65. The zero-order valence-corrected chi connectivity index (χ0v) is 13.0. The Morgan fingerprint density at radius 2 is 1.95 bits per heavy atom. The van der Waals surface area contributed by atoms with Crippen molar-refractivity contribution in [2.75, 3.05) is 31.1 Å². The summed E-state index contributed by atoms with van der Waals surface area (Å²) in [6, 6.07) is 0. The molecule has 1 N–H and O–H groups in total. The average Bonchev–Trinajstić information content (AvgIpc) is 2.34. The lowest BCUT2D eigenvalue weighted by molar-refractivity contribution is -0.157. The van der Waals surface area contributed by atoms with E-state index >= 15 is 0 Å². The van der Waals surface area contributed by atoms with Gasteiger partial charge in [0.25, 0.3) is 0 Å². The molecule has 7 heteroatoms. The smallest absolute Gasteiger partial charge is 0.313 e. The van der Waals surface area contributed by atoms with E-state index in [4.69, 9.17) is 5.11 Å². The Morgan fingerprint density at radius 1 is 1.30 bits per heavy atom.